The highest BCUT2D eigenvalue weighted by Crippen LogP contribution is 2.30. The van der Waals surface area contributed by atoms with Crippen LogP contribution in [-0.4, -0.2) is 18.0 Å². The Labute approximate surface area is 148 Å². The summed E-state index contributed by atoms with van der Waals surface area (Å²) in [7, 11) is 0. The van der Waals surface area contributed by atoms with Crippen LogP contribution >= 0.6 is 0 Å². The quantitative estimate of drug-likeness (QED) is 0.842. The second kappa shape index (κ2) is 8.37. The lowest BCUT2D eigenvalue weighted by Gasteiger charge is -2.15. The predicted molar refractivity (Wildman–Crippen MR) is 89.3 cm³/mol. The average molecular weight is 366 g/mol. The minimum absolute atomic E-state index is 0.0175. The number of hydrogen-bond acceptors (Lipinski definition) is 3. The molecule has 5 nitrogen and oxygen atoms in total. The van der Waals surface area contributed by atoms with Gasteiger partial charge in [0, 0.05) is 5.69 Å². The first-order chi connectivity index (χ1) is 12.3. The van der Waals surface area contributed by atoms with E-state index in [0.717, 1.165) is 17.7 Å². The maximum Gasteiger partial charge on any atom is 0.416 e. The third-order valence-electron chi connectivity index (χ3n) is 3.40. The predicted octanol–water partition coefficient (Wildman–Crippen LogP) is 3.96. The molecule has 0 unspecified atom stereocenters. The summed E-state index contributed by atoms with van der Waals surface area (Å²) in [5.41, 5.74) is -0.113. The lowest BCUT2D eigenvalue weighted by Crippen LogP contribution is -2.41. The van der Waals surface area contributed by atoms with E-state index in [9.17, 15) is 22.8 Å². The lowest BCUT2D eigenvalue weighted by atomic mass is 10.2. The van der Waals surface area contributed by atoms with E-state index < -0.39 is 29.8 Å². The Morgan fingerprint density at radius 1 is 1.08 bits per heavy atom. The summed E-state index contributed by atoms with van der Waals surface area (Å²) >= 11 is 0. The third kappa shape index (κ3) is 5.80. The number of rotatable bonds is 5. The summed E-state index contributed by atoms with van der Waals surface area (Å²) in [4.78, 5) is 23.7. The van der Waals surface area contributed by atoms with Gasteiger partial charge in [0.1, 0.15) is 12.6 Å². The molecule has 138 valence electrons. The first-order valence-corrected chi connectivity index (χ1v) is 7.71. The Balaban J connectivity index is 1.86. The molecule has 2 N–H and O–H groups in total. The molecule has 26 heavy (non-hydrogen) atoms. The van der Waals surface area contributed by atoms with Crippen LogP contribution in [0, 0.1) is 0 Å². The van der Waals surface area contributed by atoms with Gasteiger partial charge in [-0.25, -0.2) is 4.79 Å². The maximum absolute atomic E-state index is 12.7. The van der Waals surface area contributed by atoms with Gasteiger partial charge < -0.3 is 15.4 Å². The molecule has 1 atom stereocenters. The van der Waals surface area contributed by atoms with Gasteiger partial charge in [0.15, 0.2) is 0 Å². The smallest absolute Gasteiger partial charge is 0.416 e. The number of hydrogen-bond donors (Lipinski definition) is 2. The molecule has 0 spiro atoms. The number of alkyl halides is 3. The van der Waals surface area contributed by atoms with Gasteiger partial charge in [-0.1, -0.05) is 36.4 Å². The second-order valence-electron chi connectivity index (χ2n) is 5.50. The van der Waals surface area contributed by atoms with Crippen molar-refractivity contribution >= 4 is 17.7 Å². The fourth-order valence-electron chi connectivity index (χ4n) is 2.03. The molecular formula is C18H17F3N2O3. The molecule has 2 amide bonds. The Bertz CT molecular complexity index is 764. The minimum Gasteiger partial charge on any atom is -0.445 e. The molecular weight excluding hydrogens is 349 g/mol. The van der Waals surface area contributed by atoms with Gasteiger partial charge >= 0.3 is 12.3 Å². The first kappa shape index (κ1) is 19.3. The molecule has 0 fully saturated rings. The summed E-state index contributed by atoms with van der Waals surface area (Å²) in [6.45, 7) is 1.43. The maximum atomic E-state index is 12.7. The molecule has 2 rings (SSSR count). The second-order valence-corrected chi connectivity index (χ2v) is 5.50. The van der Waals surface area contributed by atoms with Crippen molar-refractivity contribution in [3.63, 3.8) is 0 Å². The van der Waals surface area contributed by atoms with E-state index in [0.29, 0.717) is 0 Å². The molecule has 0 saturated heterocycles. The zero-order valence-electron chi connectivity index (χ0n) is 13.8. The molecule has 0 radical (unpaired) electrons. The molecule has 0 aromatic heterocycles. The SMILES string of the molecule is C[C@H](NC(=O)OCc1ccccc1)C(=O)Nc1cccc(C(F)(F)F)c1. The van der Waals surface area contributed by atoms with Crippen molar-refractivity contribution in [1.82, 2.24) is 5.32 Å². The monoisotopic (exact) mass is 366 g/mol. The largest absolute Gasteiger partial charge is 0.445 e. The van der Waals surface area contributed by atoms with Gasteiger partial charge in [0.05, 0.1) is 5.56 Å². The van der Waals surface area contributed by atoms with E-state index in [2.05, 4.69) is 10.6 Å². The fourth-order valence-corrected chi connectivity index (χ4v) is 2.03. The van der Waals surface area contributed by atoms with Crippen molar-refractivity contribution in [2.24, 2.45) is 0 Å². The normalized spacial score (nSPS) is 12.2. The van der Waals surface area contributed by atoms with E-state index in [1.165, 1.54) is 19.1 Å². The van der Waals surface area contributed by atoms with Crippen LogP contribution in [0.5, 0.6) is 0 Å². The molecule has 2 aromatic carbocycles. The number of nitrogens with one attached hydrogen (secondary N) is 2. The van der Waals surface area contributed by atoms with Crippen molar-refractivity contribution < 1.29 is 27.5 Å². The number of ether oxygens (including phenoxy) is 1. The fraction of sp³-hybridized carbons (Fsp3) is 0.222. The zero-order valence-corrected chi connectivity index (χ0v) is 13.8. The minimum atomic E-state index is -4.51. The van der Waals surface area contributed by atoms with Crippen LogP contribution in [0.4, 0.5) is 23.7 Å². The van der Waals surface area contributed by atoms with Gasteiger partial charge in [-0.05, 0) is 30.7 Å². The number of carbonyl (C=O) groups is 2. The van der Waals surface area contributed by atoms with Crippen LogP contribution in [0.3, 0.4) is 0 Å². The summed E-state index contributed by atoms with van der Waals surface area (Å²) in [5.74, 6) is -0.666. The number of amides is 2. The standard InChI is InChI=1S/C18H17F3N2O3/c1-12(22-17(25)26-11-13-6-3-2-4-7-13)16(24)23-15-9-5-8-14(10-15)18(19,20)21/h2-10,12H,11H2,1H3,(H,22,25)(H,23,24)/t12-/m0/s1. The highest BCUT2D eigenvalue weighted by Gasteiger charge is 2.30. The van der Waals surface area contributed by atoms with Gasteiger partial charge in [0.25, 0.3) is 0 Å². The molecule has 0 saturated carbocycles. The van der Waals surface area contributed by atoms with Crippen LogP contribution in [0.25, 0.3) is 0 Å². The van der Waals surface area contributed by atoms with Gasteiger partial charge in [-0.2, -0.15) is 13.2 Å². The van der Waals surface area contributed by atoms with E-state index in [-0.39, 0.29) is 12.3 Å². The highest BCUT2D eigenvalue weighted by molar-refractivity contribution is 5.96. The number of alkyl carbamates (subject to hydrolysis) is 1. The molecule has 8 heteroatoms. The van der Waals surface area contributed by atoms with Crippen molar-refractivity contribution in [2.45, 2.75) is 25.7 Å². The van der Waals surface area contributed by atoms with Crippen molar-refractivity contribution in [3.05, 3.63) is 65.7 Å². The highest BCUT2D eigenvalue weighted by atomic mass is 19.4. The van der Waals surface area contributed by atoms with Crippen molar-refractivity contribution in [1.29, 1.82) is 0 Å². The van der Waals surface area contributed by atoms with E-state index in [4.69, 9.17) is 4.74 Å². The zero-order chi connectivity index (χ0) is 19.2. The third-order valence-corrected chi connectivity index (χ3v) is 3.40. The van der Waals surface area contributed by atoms with E-state index in [1.54, 1.807) is 24.3 Å². The lowest BCUT2D eigenvalue weighted by molar-refractivity contribution is -0.137. The Kier molecular flexibility index (Phi) is 6.21. The van der Waals surface area contributed by atoms with Crippen molar-refractivity contribution in [2.75, 3.05) is 5.32 Å². The first-order valence-electron chi connectivity index (χ1n) is 7.71. The molecule has 0 bridgehead atoms. The summed E-state index contributed by atoms with van der Waals surface area (Å²) in [6.07, 6.45) is -5.31. The van der Waals surface area contributed by atoms with E-state index in [1.807, 2.05) is 6.07 Å². The van der Waals surface area contributed by atoms with Crippen LogP contribution in [-0.2, 0) is 22.3 Å². The van der Waals surface area contributed by atoms with Crippen molar-refractivity contribution in [3.8, 4) is 0 Å². The summed E-state index contributed by atoms with van der Waals surface area (Å²) < 4.78 is 43.0. The number of halogens is 3. The molecule has 0 aliphatic heterocycles. The van der Waals surface area contributed by atoms with Gasteiger partial charge in [0.2, 0.25) is 5.91 Å². The van der Waals surface area contributed by atoms with Gasteiger partial charge in [-0.15, -0.1) is 0 Å². The summed E-state index contributed by atoms with van der Waals surface area (Å²) in [5, 5.41) is 4.64. The Hall–Kier alpha value is -3.03. The number of benzene rings is 2. The van der Waals surface area contributed by atoms with E-state index >= 15 is 0 Å². The molecule has 0 heterocycles. The number of carbonyl (C=O) groups excluding carboxylic acids is 2. The topological polar surface area (TPSA) is 67.4 Å². The molecule has 0 aliphatic carbocycles. The van der Waals surface area contributed by atoms with Crippen LogP contribution in [0.1, 0.15) is 18.1 Å². The Morgan fingerprint density at radius 3 is 2.42 bits per heavy atom. The van der Waals surface area contributed by atoms with Crippen LogP contribution in [0.15, 0.2) is 54.6 Å². The summed E-state index contributed by atoms with van der Waals surface area (Å²) in [6, 6.07) is 12.2. The van der Waals surface area contributed by atoms with Crippen LogP contribution in [0.2, 0.25) is 0 Å². The Morgan fingerprint density at radius 2 is 1.77 bits per heavy atom. The van der Waals surface area contributed by atoms with Crippen LogP contribution < -0.4 is 10.6 Å². The number of anilines is 1. The molecule has 2 aromatic rings. The van der Waals surface area contributed by atoms with Gasteiger partial charge in [-0.3, -0.25) is 4.79 Å². The molecule has 0 aliphatic rings. The average Bonchev–Trinajstić information content (AvgIpc) is 2.60.